The molecule has 20 heavy (non-hydrogen) atoms. The second-order valence-electron chi connectivity index (χ2n) is 5.25. The van der Waals surface area contributed by atoms with Gasteiger partial charge in [0.1, 0.15) is 0 Å². The first-order valence-electron chi connectivity index (χ1n) is 7.12. The van der Waals surface area contributed by atoms with Crippen molar-refractivity contribution in [2.24, 2.45) is 5.73 Å². The Balaban J connectivity index is 1.81. The molecule has 4 N–H and O–H groups in total. The van der Waals surface area contributed by atoms with Crippen LogP contribution in [0.1, 0.15) is 38.3 Å². The van der Waals surface area contributed by atoms with Crippen molar-refractivity contribution in [2.45, 2.75) is 44.9 Å². The van der Waals surface area contributed by atoms with Crippen molar-refractivity contribution in [2.75, 3.05) is 11.9 Å². The van der Waals surface area contributed by atoms with E-state index in [0.29, 0.717) is 17.8 Å². The molecule has 0 aromatic heterocycles. The summed E-state index contributed by atoms with van der Waals surface area (Å²) in [4.78, 5) is 10.8. The minimum Gasteiger partial charge on any atom is -0.378 e. The third kappa shape index (κ3) is 3.95. The molecule has 5 heteroatoms. The van der Waals surface area contributed by atoms with Crippen molar-refractivity contribution in [3.05, 3.63) is 29.8 Å². The van der Waals surface area contributed by atoms with E-state index in [1.807, 2.05) is 31.2 Å². The molecule has 0 heterocycles. The zero-order chi connectivity index (χ0) is 14.5. The molecular formula is C15H23N3O2. The van der Waals surface area contributed by atoms with Crippen molar-refractivity contribution in [3.8, 4) is 0 Å². The first-order chi connectivity index (χ1) is 9.58. The number of carbonyl (C=O) groups excluding carboxylic acids is 1. The Hall–Kier alpha value is -1.59. The Kier molecular flexibility index (Phi) is 4.98. The molecular weight excluding hydrogens is 254 g/mol. The van der Waals surface area contributed by atoms with E-state index >= 15 is 0 Å². The van der Waals surface area contributed by atoms with Crippen LogP contribution >= 0.6 is 0 Å². The maximum absolute atomic E-state index is 10.8. The molecule has 0 aliphatic heterocycles. The molecule has 1 aromatic carbocycles. The van der Waals surface area contributed by atoms with Gasteiger partial charge in [-0.15, -0.1) is 0 Å². The third-order valence-electron chi connectivity index (χ3n) is 3.66. The van der Waals surface area contributed by atoms with Crippen molar-refractivity contribution in [3.63, 3.8) is 0 Å². The molecule has 1 aliphatic carbocycles. The van der Waals surface area contributed by atoms with E-state index in [-0.39, 0.29) is 6.04 Å². The molecule has 0 bridgehead atoms. The number of hydrogen-bond acceptors (Lipinski definition) is 3. The Bertz CT molecular complexity index is 441. The Labute approximate surface area is 119 Å². The van der Waals surface area contributed by atoms with Gasteiger partial charge in [-0.05, 0) is 44.4 Å². The molecule has 110 valence electrons. The van der Waals surface area contributed by atoms with Crippen LogP contribution < -0.4 is 16.4 Å². The number of benzene rings is 1. The number of anilines is 1. The van der Waals surface area contributed by atoms with Gasteiger partial charge in [-0.3, -0.25) is 0 Å². The summed E-state index contributed by atoms with van der Waals surface area (Å²) in [5.41, 5.74) is 6.99. The lowest BCUT2D eigenvalue weighted by Gasteiger charge is -2.37. The normalized spacial score (nSPS) is 22.9. The molecule has 2 rings (SSSR count). The van der Waals surface area contributed by atoms with Gasteiger partial charge < -0.3 is 21.1 Å². The second kappa shape index (κ2) is 6.72. The van der Waals surface area contributed by atoms with Crippen molar-refractivity contribution < 1.29 is 9.53 Å². The summed E-state index contributed by atoms with van der Waals surface area (Å²) in [6, 6.07) is 8.00. The van der Waals surface area contributed by atoms with Crippen molar-refractivity contribution in [1.82, 2.24) is 5.32 Å². The molecule has 1 unspecified atom stereocenters. The van der Waals surface area contributed by atoms with Gasteiger partial charge in [0.15, 0.2) is 0 Å². The minimum atomic E-state index is -0.541. The number of primary amides is 1. The summed E-state index contributed by atoms with van der Waals surface area (Å²) in [5.74, 6) is 0. The third-order valence-corrected chi connectivity index (χ3v) is 3.66. The predicted octanol–water partition coefficient (Wildman–Crippen LogP) is 2.40. The van der Waals surface area contributed by atoms with Gasteiger partial charge in [0, 0.05) is 24.4 Å². The molecule has 0 saturated heterocycles. The highest BCUT2D eigenvalue weighted by atomic mass is 16.5. The topological polar surface area (TPSA) is 76.4 Å². The van der Waals surface area contributed by atoms with E-state index in [2.05, 4.69) is 17.6 Å². The Morgan fingerprint density at radius 3 is 2.60 bits per heavy atom. The average molecular weight is 277 g/mol. The zero-order valence-corrected chi connectivity index (χ0v) is 12.1. The predicted molar refractivity (Wildman–Crippen MR) is 79.6 cm³/mol. The summed E-state index contributed by atoms with van der Waals surface area (Å²) in [7, 11) is 0. The SMILES string of the molecule is CCOC1CC(NC(C)c2ccc(NC(N)=O)cc2)C1. The van der Waals surface area contributed by atoms with Crippen LogP contribution in [0.15, 0.2) is 24.3 Å². The van der Waals surface area contributed by atoms with Gasteiger partial charge in [0.2, 0.25) is 0 Å². The van der Waals surface area contributed by atoms with E-state index < -0.39 is 6.03 Å². The number of amides is 2. The lowest BCUT2D eigenvalue weighted by molar-refractivity contribution is -0.0120. The molecule has 5 nitrogen and oxygen atoms in total. The van der Waals surface area contributed by atoms with Crippen LogP contribution in [0.4, 0.5) is 10.5 Å². The summed E-state index contributed by atoms with van der Waals surface area (Å²) in [6.45, 7) is 4.97. The van der Waals surface area contributed by atoms with Gasteiger partial charge in [-0.1, -0.05) is 12.1 Å². The first-order valence-corrected chi connectivity index (χ1v) is 7.12. The first kappa shape index (κ1) is 14.8. The van der Waals surface area contributed by atoms with Crippen LogP contribution in [-0.2, 0) is 4.74 Å². The minimum absolute atomic E-state index is 0.283. The molecule has 1 aromatic rings. The maximum Gasteiger partial charge on any atom is 0.316 e. The molecule has 1 saturated carbocycles. The standard InChI is InChI=1S/C15H23N3O2/c1-3-20-14-8-13(9-14)17-10(2)11-4-6-12(7-5-11)18-15(16)19/h4-7,10,13-14,17H,3,8-9H2,1-2H3,(H3,16,18,19). The molecule has 0 radical (unpaired) electrons. The second-order valence-corrected chi connectivity index (χ2v) is 5.25. The van der Waals surface area contributed by atoms with E-state index in [1.54, 1.807) is 0 Å². The van der Waals surface area contributed by atoms with Crippen LogP contribution in [0, 0.1) is 0 Å². The fourth-order valence-corrected chi connectivity index (χ4v) is 2.52. The average Bonchev–Trinajstić information content (AvgIpc) is 2.36. The van der Waals surface area contributed by atoms with Gasteiger partial charge in [-0.2, -0.15) is 0 Å². The van der Waals surface area contributed by atoms with Gasteiger partial charge >= 0.3 is 6.03 Å². The number of carbonyl (C=O) groups is 1. The largest absolute Gasteiger partial charge is 0.378 e. The van der Waals surface area contributed by atoms with Crippen LogP contribution in [0.25, 0.3) is 0 Å². The molecule has 1 fully saturated rings. The summed E-state index contributed by atoms with van der Waals surface area (Å²) in [5, 5.41) is 6.14. The van der Waals surface area contributed by atoms with E-state index in [1.165, 1.54) is 5.56 Å². The van der Waals surface area contributed by atoms with E-state index in [0.717, 1.165) is 19.4 Å². The molecule has 2 amide bonds. The summed E-state index contributed by atoms with van der Waals surface area (Å²) >= 11 is 0. The summed E-state index contributed by atoms with van der Waals surface area (Å²) < 4.78 is 5.56. The highest BCUT2D eigenvalue weighted by Gasteiger charge is 2.30. The van der Waals surface area contributed by atoms with E-state index in [9.17, 15) is 4.79 Å². The number of urea groups is 1. The van der Waals surface area contributed by atoms with Crippen LogP contribution in [-0.4, -0.2) is 24.8 Å². The Morgan fingerprint density at radius 1 is 1.40 bits per heavy atom. The van der Waals surface area contributed by atoms with Crippen LogP contribution in [0.5, 0.6) is 0 Å². The zero-order valence-electron chi connectivity index (χ0n) is 12.1. The van der Waals surface area contributed by atoms with Crippen molar-refractivity contribution >= 4 is 11.7 Å². The number of ether oxygens (including phenoxy) is 1. The fraction of sp³-hybridized carbons (Fsp3) is 0.533. The number of hydrogen-bond donors (Lipinski definition) is 3. The number of nitrogens with one attached hydrogen (secondary N) is 2. The lowest BCUT2D eigenvalue weighted by Crippen LogP contribution is -2.46. The summed E-state index contributed by atoms with van der Waals surface area (Å²) in [6.07, 6.45) is 2.59. The quantitative estimate of drug-likeness (QED) is 0.747. The molecule has 1 atom stereocenters. The van der Waals surface area contributed by atoms with Crippen LogP contribution in [0.3, 0.4) is 0 Å². The highest BCUT2D eigenvalue weighted by molar-refractivity contribution is 5.87. The number of nitrogens with two attached hydrogens (primary N) is 1. The van der Waals surface area contributed by atoms with Gasteiger partial charge in [0.05, 0.1) is 6.10 Å². The lowest BCUT2D eigenvalue weighted by atomic mass is 9.88. The Morgan fingerprint density at radius 2 is 2.05 bits per heavy atom. The van der Waals surface area contributed by atoms with Crippen LogP contribution in [0.2, 0.25) is 0 Å². The van der Waals surface area contributed by atoms with Gasteiger partial charge in [-0.25, -0.2) is 4.79 Å². The van der Waals surface area contributed by atoms with Gasteiger partial charge in [0.25, 0.3) is 0 Å². The highest BCUT2D eigenvalue weighted by Crippen LogP contribution is 2.26. The number of rotatable bonds is 6. The smallest absolute Gasteiger partial charge is 0.316 e. The molecule has 1 aliphatic rings. The monoisotopic (exact) mass is 277 g/mol. The van der Waals surface area contributed by atoms with E-state index in [4.69, 9.17) is 10.5 Å². The molecule has 0 spiro atoms. The maximum atomic E-state index is 10.8. The van der Waals surface area contributed by atoms with Crippen molar-refractivity contribution in [1.29, 1.82) is 0 Å². The fourth-order valence-electron chi connectivity index (χ4n) is 2.52.